The molecule has 3 amide bonds. The number of hydrogen-bond acceptors (Lipinski definition) is 7. The highest BCUT2D eigenvalue weighted by atomic mass is 79.9. The van der Waals surface area contributed by atoms with Crippen LogP contribution in [0.3, 0.4) is 0 Å². The summed E-state index contributed by atoms with van der Waals surface area (Å²) in [5.74, 6) is -1.34. The number of aromatic nitrogens is 2. The van der Waals surface area contributed by atoms with Gasteiger partial charge in [0.25, 0.3) is 17.5 Å². The van der Waals surface area contributed by atoms with Gasteiger partial charge in [-0.05, 0) is 28.4 Å². The molecule has 1 aromatic carbocycles. The van der Waals surface area contributed by atoms with E-state index in [4.69, 9.17) is 0 Å². The molecular formula is C16H12BrN5O5. The van der Waals surface area contributed by atoms with Crippen LogP contribution in [0, 0.1) is 10.1 Å². The third kappa shape index (κ3) is 3.97. The molecule has 1 N–H and O–H groups in total. The highest BCUT2D eigenvalue weighted by molar-refractivity contribution is 9.10. The number of nitro groups is 1. The molecule has 2 aromatic rings. The Morgan fingerprint density at radius 1 is 1.19 bits per heavy atom. The Labute approximate surface area is 160 Å². The molecule has 0 unspecified atom stereocenters. The quantitative estimate of drug-likeness (QED) is 0.418. The molecule has 0 aliphatic carbocycles. The molecule has 1 aliphatic rings. The summed E-state index contributed by atoms with van der Waals surface area (Å²) in [7, 11) is 0. The second kappa shape index (κ2) is 7.58. The fraction of sp³-hybridized carbons (Fsp3) is 0.188. The number of nitro benzene ring substituents is 1. The summed E-state index contributed by atoms with van der Waals surface area (Å²) in [5.41, 5.74) is -0.133. The molecule has 27 heavy (non-hydrogen) atoms. The van der Waals surface area contributed by atoms with Gasteiger partial charge in [0.15, 0.2) is 0 Å². The first-order valence-electron chi connectivity index (χ1n) is 7.79. The number of nitrogens with zero attached hydrogens (tertiary/aromatic N) is 4. The summed E-state index contributed by atoms with van der Waals surface area (Å²) >= 11 is 3.18. The van der Waals surface area contributed by atoms with Crippen LogP contribution in [0.1, 0.15) is 33.6 Å². The Bertz CT molecular complexity index is 947. The fourth-order valence-electron chi connectivity index (χ4n) is 2.56. The van der Waals surface area contributed by atoms with Crippen LogP contribution in [0.5, 0.6) is 0 Å². The zero-order chi connectivity index (χ0) is 19.6. The van der Waals surface area contributed by atoms with Crippen molar-refractivity contribution in [3.8, 4) is 0 Å². The van der Waals surface area contributed by atoms with Gasteiger partial charge in [0.2, 0.25) is 11.9 Å². The Morgan fingerprint density at radius 2 is 1.85 bits per heavy atom. The molecule has 1 aliphatic heterocycles. The Hall–Kier alpha value is -3.21. The number of halogens is 1. The third-order valence-electron chi connectivity index (χ3n) is 3.82. The van der Waals surface area contributed by atoms with Crippen LogP contribution < -0.4 is 5.32 Å². The number of anilines is 1. The van der Waals surface area contributed by atoms with Gasteiger partial charge < -0.3 is 0 Å². The van der Waals surface area contributed by atoms with Crippen LogP contribution in [0.2, 0.25) is 0 Å². The molecule has 138 valence electrons. The second-order valence-corrected chi connectivity index (χ2v) is 6.54. The number of hydrogen-bond donors (Lipinski definition) is 1. The van der Waals surface area contributed by atoms with Crippen molar-refractivity contribution < 1.29 is 19.3 Å². The van der Waals surface area contributed by atoms with Gasteiger partial charge in [0.1, 0.15) is 0 Å². The number of fused-ring (bicyclic) bond motifs is 1. The molecule has 11 heteroatoms. The van der Waals surface area contributed by atoms with Gasteiger partial charge >= 0.3 is 0 Å². The first kappa shape index (κ1) is 18.6. The normalized spacial score (nSPS) is 12.9. The number of non-ortho nitro benzene ring substituents is 1. The Kier molecular flexibility index (Phi) is 5.21. The first-order chi connectivity index (χ1) is 12.9. The van der Waals surface area contributed by atoms with Crippen LogP contribution >= 0.6 is 15.9 Å². The SMILES string of the molecule is O=C(CCCN1C(=O)c2ccc([N+](=O)[O-])cc2C1=O)Nc1ncc(Br)cn1. The van der Waals surface area contributed by atoms with Crippen molar-refractivity contribution in [1.82, 2.24) is 14.9 Å². The van der Waals surface area contributed by atoms with E-state index in [-0.39, 0.29) is 48.1 Å². The standard InChI is InChI=1S/C16H12BrN5O5/c17-9-7-18-16(19-8-9)20-13(23)2-1-5-21-14(24)11-4-3-10(22(26)27)6-12(11)15(21)25/h3-4,6-8H,1-2,5H2,(H,18,19,20,23). The van der Waals surface area contributed by atoms with Gasteiger partial charge in [-0.3, -0.25) is 34.7 Å². The molecule has 10 nitrogen and oxygen atoms in total. The topological polar surface area (TPSA) is 135 Å². The van der Waals surface area contributed by atoms with Gasteiger partial charge in [0, 0.05) is 37.5 Å². The van der Waals surface area contributed by atoms with E-state index in [1.807, 2.05) is 0 Å². The van der Waals surface area contributed by atoms with Crippen molar-refractivity contribution >= 4 is 45.3 Å². The van der Waals surface area contributed by atoms with Gasteiger partial charge in [-0.25, -0.2) is 9.97 Å². The molecule has 0 radical (unpaired) electrons. The third-order valence-corrected chi connectivity index (χ3v) is 4.23. The maximum absolute atomic E-state index is 12.3. The number of amides is 3. The van der Waals surface area contributed by atoms with Gasteiger partial charge in [-0.15, -0.1) is 0 Å². The number of nitrogens with one attached hydrogen (secondary N) is 1. The zero-order valence-electron chi connectivity index (χ0n) is 13.7. The maximum atomic E-state index is 12.3. The predicted octanol–water partition coefficient (Wildman–Crippen LogP) is 2.16. The minimum absolute atomic E-state index is 0.00177. The van der Waals surface area contributed by atoms with Crippen LogP contribution in [0.4, 0.5) is 11.6 Å². The van der Waals surface area contributed by atoms with Crippen molar-refractivity contribution in [2.75, 3.05) is 11.9 Å². The van der Waals surface area contributed by atoms with Crippen LogP contribution in [-0.2, 0) is 4.79 Å². The van der Waals surface area contributed by atoms with E-state index in [9.17, 15) is 24.5 Å². The minimum atomic E-state index is -0.630. The van der Waals surface area contributed by atoms with E-state index in [1.165, 1.54) is 24.5 Å². The van der Waals surface area contributed by atoms with Crippen molar-refractivity contribution in [2.45, 2.75) is 12.8 Å². The molecule has 3 rings (SSSR count). The number of carbonyl (C=O) groups excluding carboxylic acids is 3. The second-order valence-electron chi connectivity index (χ2n) is 5.63. The van der Waals surface area contributed by atoms with E-state index in [0.29, 0.717) is 4.47 Å². The molecule has 0 spiro atoms. The van der Waals surface area contributed by atoms with Crippen LogP contribution in [-0.4, -0.2) is 44.1 Å². The lowest BCUT2D eigenvalue weighted by Gasteiger charge is -2.13. The monoisotopic (exact) mass is 433 g/mol. The summed E-state index contributed by atoms with van der Waals surface area (Å²) in [6, 6.07) is 3.54. The van der Waals surface area contributed by atoms with E-state index < -0.39 is 16.7 Å². The van der Waals surface area contributed by atoms with Crippen LogP contribution in [0.15, 0.2) is 35.1 Å². The highest BCUT2D eigenvalue weighted by Gasteiger charge is 2.36. The largest absolute Gasteiger partial charge is 0.295 e. The summed E-state index contributed by atoms with van der Waals surface area (Å²) in [5, 5.41) is 13.3. The summed E-state index contributed by atoms with van der Waals surface area (Å²) in [6.07, 6.45) is 3.25. The highest BCUT2D eigenvalue weighted by Crippen LogP contribution is 2.27. The smallest absolute Gasteiger partial charge is 0.270 e. The molecule has 0 fully saturated rings. The average Bonchev–Trinajstić information content (AvgIpc) is 2.88. The molecule has 2 heterocycles. The van der Waals surface area contributed by atoms with E-state index in [1.54, 1.807) is 0 Å². The zero-order valence-corrected chi connectivity index (χ0v) is 15.3. The lowest BCUT2D eigenvalue weighted by Crippen LogP contribution is -2.31. The first-order valence-corrected chi connectivity index (χ1v) is 8.58. The Balaban J connectivity index is 1.57. The lowest BCUT2D eigenvalue weighted by atomic mass is 10.1. The summed E-state index contributed by atoms with van der Waals surface area (Å²) in [6.45, 7) is 0.0226. The predicted molar refractivity (Wildman–Crippen MR) is 96.1 cm³/mol. The van der Waals surface area contributed by atoms with E-state index in [0.717, 1.165) is 11.0 Å². The van der Waals surface area contributed by atoms with Crippen LogP contribution in [0.25, 0.3) is 0 Å². The molecule has 0 saturated heterocycles. The maximum Gasteiger partial charge on any atom is 0.270 e. The Morgan fingerprint density at radius 3 is 2.52 bits per heavy atom. The van der Waals surface area contributed by atoms with E-state index in [2.05, 4.69) is 31.2 Å². The summed E-state index contributed by atoms with van der Waals surface area (Å²) < 4.78 is 0.673. The van der Waals surface area contributed by atoms with Crippen molar-refractivity contribution in [1.29, 1.82) is 0 Å². The molecule has 0 bridgehead atoms. The van der Waals surface area contributed by atoms with Crippen molar-refractivity contribution in [2.24, 2.45) is 0 Å². The number of benzene rings is 1. The van der Waals surface area contributed by atoms with Gasteiger partial charge in [-0.2, -0.15) is 0 Å². The molecule has 0 saturated carbocycles. The molecular weight excluding hydrogens is 422 g/mol. The van der Waals surface area contributed by atoms with Crippen molar-refractivity contribution in [3.63, 3.8) is 0 Å². The molecule has 0 atom stereocenters. The number of rotatable bonds is 6. The van der Waals surface area contributed by atoms with E-state index >= 15 is 0 Å². The molecule has 1 aromatic heterocycles. The number of imide groups is 1. The number of carbonyl (C=O) groups is 3. The fourth-order valence-corrected chi connectivity index (χ4v) is 2.76. The van der Waals surface area contributed by atoms with Gasteiger partial charge in [0.05, 0.1) is 20.5 Å². The lowest BCUT2D eigenvalue weighted by molar-refractivity contribution is -0.384. The van der Waals surface area contributed by atoms with Crippen molar-refractivity contribution in [3.05, 3.63) is 56.3 Å². The summed E-state index contributed by atoms with van der Waals surface area (Å²) in [4.78, 5) is 55.5. The van der Waals surface area contributed by atoms with Gasteiger partial charge in [-0.1, -0.05) is 0 Å². The average molecular weight is 434 g/mol. The minimum Gasteiger partial charge on any atom is -0.295 e.